The van der Waals surface area contributed by atoms with Crippen LogP contribution in [-0.2, 0) is 14.6 Å². The van der Waals surface area contributed by atoms with Crippen LogP contribution in [0.15, 0.2) is 77.4 Å². The summed E-state index contributed by atoms with van der Waals surface area (Å²) in [6, 6.07) is 16.2. The smallest absolute Gasteiger partial charge is 0.237 e. The highest BCUT2D eigenvalue weighted by Crippen LogP contribution is 2.27. The third-order valence-electron chi connectivity index (χ3n) is 4.38. The van der Waals surface area contributed by atoms with Crippen LogP contribution in [0.2, 0.25) is 0 Å². The van der Waals surface area contributed by atoms with Crippen LogP contribution in [0.1, 0.15) is 0 Å². The molecule has 3 aromatic rings. The van der Waals surface area contributed by atoms with Gasteiger partial charge in [-0.05, 0) is 24.3 Å². The van der Waals surface area contributed by atoms with E-state index in [0.29, 0.717) is 5.69 Å². The molecule has 0 spiro atoms. The molecule has 8 heteroatoms. The number of carbonyl (C=O) groups excluding carboxylic acids is 1. The number of amides is 1. The largest absolute Gasteiger partial charge is 0.304 e. The first-order valence-electron chi connectivity index (χ1n) is 8.64. The van der Waals surface area contributed by atoms with Gasteiger partial charge >= 0.3 is 0 Å². The lowest BCUT2D eigenvalue weighted by atomic mass is 10.2. The van der Waals surface area contributed by atoms with Gasteiger partial charge in [0.15, 0.2) is 9.84 Å². The average molecular weight is 412 g/mol. The molecular weight excluding hydrogens is 394 g/mol. The minimum Gasteiger partial charge on any atom is -0.304 e. The Kier molecular flexibility index (Phi) is 5.15. The molecule has 28 heavy (non-hydrogen) atoms. The Morgan fingerprint density at radius 1 is 1.07 bits per heavy atom. The number of rotatable bonds is 5. The van der Waals surface area contributed by atoms with E-state index < -0.39 is 15.9 Å². The minimum atomic E-state index is -3.28. The lowest BCUT2D eigenvalue weighted by Crippen LogP contribution is -2.42. The summed E-state index contributed by atoms with van der Waals surface area (Å²) in [5.41, 5.74) is 1.49. The normalized spacial score (nSPS) is 17.6. The Balaban J connectivity index is 1.58. The molecule has 1 aliphatic heterocycles. The Morgan fingerprint density at radius 2 is 1.82 bits per heavy atom. The van der Waals surface area contributed by atoms with Gasteiger partial charge in [0.1, 0.15) is 11.4 Å². The molecule has 2 aromatic carbocycles. The summed E-state index contributed by atoms with van der Waals surface area (Å²) in [5, 5.41) is 2.80. The first-order valence-corrected chi connectivity index (χ1v) is 11.3. The van der Waals surface area contributed by atoms with E-state index in [4.69, 9.17) is 0 Å². The number of carbonyl (C=O) groups is 1. The Bertz CT molecular complexity index is 1140. The number of hydrogen-bond acceptors (Lipinski definition) is 6. The van der Waals surface area contributed by atoms with Crippen LogP contribution in [-0.4, -0.2) is 41.8 Å². The van der Waals surface area contributed by atoms with Crippen molar-refractivity contribution in [2.45, 2.75) is 11.1 Å². The fourth-order valence-corrected chi connectivity index (χ4v) is 5.24. The van der Waals surface area contributed by atoms with Gasteiger partial charge in [-0.25, -0.2) is 18.4 Å². The van der Waals surface area contributed by atoms with Gasteiger partial charge in [-0.1, -0.05) is 48.2 Å². The number of benzene rings is 2. The quantitative estimate of drug-likeness (QED) is 0.474. The lowest BCUT2D eigenvalue weighted by Gasteiger charge is -2.27. The van der Waals surface area contributed by atoms with Crippen LogP contribution in [0, 0.1) is 0 Å². The molecule has 1 aromatic heterocycles. The molecule has 0 N–H and O–H groups in total. The maximum absolute atomic E-state index is 13.1. The molecule has 0 aliphatic carbocycles. The first kappa shape index (κ1) is 18.6. The van der Waals surface area contributed by atoms with E-state index in [9.17, 15) is 13.2 Å². The zero-order valence-corrected chi connectivity index (χ0v) is 16.4. The molecule has 1 atom stereocenters. The van der Waals surface area contributed by atoms with E-state index in [1.54, 1.807) is 23.1 Å². The van der Waals surface area contributed by atoms with Crippen molar-refractivity contribution in [1.82, 2.24) is 9.97 Å². The highest BCUT2D eigenvalue weighted by molar-refractivity contribution is 8.00. The zero-order valence-electron chi connectivity index (χ0n) is 14.8. The van der Waals surface area contributed by atoms with E-state index in [0.717, 1.165) is 15.9 Å². The van der Waals surface area contributed by atoms with E-state index in [-0.39, 0.29) is 17.4 Å². The van der Waals surface area contributed by atoms with Crippen LogP contribution in [0.4, 0.5) is 5.69 Å². The summed E-state index contributed by atoms with van der Waals surface area (Å²) in [6.45, 7) is 0. The summed E-state index contributed by atoms with van der Waals surface area (Å²) < 4.78 is 23.8. The number of sulfone groups is 1. The van der Waals surface area contributed by atoms with Crippen LogP contribution < -0.4 is 4.90 Å². The summed E-state index contributed by atoms with van der Waals surface area (Å²) >= 11 is 1.32. The predicted octanol–water partition coefficient (Wildman–Crippen LogP) is 3.07. The van der Waals surface area contributed by atoms with Gasteiger partial charge in [0.05, 0.1) is 23.1 Å². The molecule has 4 rings (SSSR count). The van der Waals surface area contributed by atoms with E-state index in [1.165, 1.54) is 23.5 Å². The molecule has 0 fully saturated rings. The molecule has 1 aliphatic rings. The van der Waals surface area contributed by atoms with Crippen molar-refractivity contribution in [1.29, 1.82) is 0 Å². The predicted molar refractivity (Wildman–Crippen MR) is 111 cm³/mol. The SMILES string of the molecule is O=C(CSc1ncnc2ccccc12)N(c1ccccc1)[C@H]1C=CS(=O)(=O)C1. The summed E-state index contributed by atoms with van der Waals surface area (Å²) in [4.78, 5) is 23.2. The highest BCUT2D eigenvalue weighted by atomic mass is 32.2. The van der Waals surface area contributed by atoms with Crippen molar-refractivity contribution in [2.75, 3.05) is 16.4 Å². The Labute approximate surface area is 167 Å². The molecule has 0 saturated carbocycles. The van der Waals surface area contributed by atoms with Gasteiger partial charge in [0.25, 0.3) is 0 Å². The van der Waals surface area contributed by atoms with Gasteiger partial charge in [0, 0.05) is 16.5 Å². The molecule has 0 radical (unpaired) electrons. The molecular formula is C20H17N3O3S2. The highest BCUT2D eigenvalue weighted by Gasteiger charge is 2.31. The first-order chi connectivity index (χ1) is 13.5. The van der Waals surface area contributed by atoms with Crippen molar-refractivity contribution in [3.63, 3.8) is 0 Å². The zero-order chi connectivity index (χ0) is 19.6. The number of aromatic nitrogens is 2. The minimum absolute atomic E-state index is 0.102. The van der Waals surface area contributed by atoms with Gasteiger partial charge in [0.2, 0.25) is 5.91 Å². The number of hydrogen-bond donors (Lipinski definition) is 0. The number of para-hydroxylation sites is 2. The average Bonchev–Trinajstić information content (AvgIpc) is 3.06. The third-order valence-corrected chi connectivity index (χ3v) is 6.75. The molecule has 2 heterocycles. The number of anilines is 1. The number of nitrogens with zero attached hydrogens (tertiary/aromatic N) is 3. The van der Waals surface area contributed by atoms with Crippen LogP contribution >= 0.6 is 11.8 Å². The Morgan fingerprint density at radius 3 is 2.57 bits per heavy atom. The van der Waals surface area contributed by atoms with E-state index >= 15 is 0 Å². The van der Waals surface area contributed by atoms with Gasteiger partial charge < -0.3 is 4.90 Å². The fraction of sp³-hybridized carbons (Fsp3) is 0.150. The van der Waals surface area contributed by atoms with Gasteiger partial charge in [-0.2, -0.15) is 0 Å². The molecule has 0 saturated heterocycles. The van der Waals surface area contributed by atoms with Gasteiger partial charge in [-0.15, -0.1) is 0 Å². The van der Waals surface area contributed by atoms with Crippen molar-refractivity contribution >= 4 is 44.1 Å². The summed E-state index contributed by atoms with van der Waals surface area (Å²) in [7, 11) is -3.28. The molecule has 142 valence electrons. The molecule has 1 amide bonds. The summed E-state index contributed by atoms with van der Waals surface area (Å²) in [6.07, 6.45) is 3.06. The van der Waals surface area contributed by atoms with Gasteiger partial charge in [-0.3, -0.25) is 4.79 Å². The van der Waals surface area contributed by atoms with E-state index in [2.05, 4.69) is 9.97 Å². The summed E-state index contributed by atoms with van der Waals surface area (Å²) in [5.74, 6) is -0.139. The van der Waals surface area contributed by atoms with Crippen molar-refractivity contribution < 1.29 is 13.2 Å². The lowest BCUT2D eigenvalue weighted by molar-refractivity contribution is -0.116. The second kappa shape index (κ2) is 7.73. The number of thioether (sulfide) groups is 1. The third kappa shape index (κ3) is 3.93. The van der Waals surface area contributed by atoms with Crippen LogP contribution in [0.3, 0.4) is 0 Å². The Hall–Kier alpha value is -2.71. The maximum atomic E-state index is 13.1. The van der Waals surface area contributed by atoms with Crippen molar-refractivity contribution in [3.05, 3.63) is 72.4 Å². The number of fused-ring (bicyclic) bond motifs is 1. The second-order valence-corrected chi connectivity index (χ2v) is 9.20. The van der Waals surface area contributed by atoms with Crippen molar-refractivity contribution in [3.8, 4) is 0 Å². The topological polar surface area (TPSA) is 80.2 Å². The monoisotopic (exact) mass is 411 g/mol. The fourth-order valence-electron chi connectivity index (χ4n) is 3.12. The van der Waals surface area contributed by atoms with Crippen LogP contribution in [0.25, 0.3) is 10.9 Å². The molecule has 6 nitrogen and oxygen atoms in total. The molecule has 0 bridgehead atoms. The van der Waals surface area contributed by atoms with Crippen molar-refractivity contribution in [2.24, 2.45) is 0 Å². The maximum Gasteiger partial charge on any atom is 0.237 e. The van der Waals surface area contributed by atoms with Crippen LogP contribution in [0.5, 0.6) is 0 Å². The standard InChI is InChI=1S/C20H17N3O3S2/c24-19(12-27-20-17-8-4-5-9-18(17)21-14-22-20)23(15-6-2-1-3-7-15)16-10-11-28(25,26)13-16/h1-11,14,16H,12-13H2/t16-/m0/s1. The van der Waals surface area contributed by atoms with E-state index in [1.807, 2.05) is 42.5 Å². The molecule has 0 unspecified atom stereocenters. The second-order valence-electron chi connectivity index (χ2n) is 6.31.